The summed E-state index contributed by atoms with van der Waals surface area (Å²) in [5.41, 5.74) is 2.99. The number of carbonyl (C=O) groups excluding carboxylic acids is 1. The van der Waals surface area contributed by atoms with Gasteiger partial charge in [-0.25, -0.2) is 0 Å². The van der Waals surface area contributed by atoms with Crippen molar-refractivity contribution in [3.8, 4) is 11.8 Å². The van der Waals surface area contributed by atoms with Crippen LogP contribution in [0.1, 0.15) is 67.4 Å². The predicted octanol–water partition coefficient (Wildman–Crippen LogP) is 5.28. The van der Waals surface area contributed by atoms with Crippen molar-refractivity contribution in [2.45, 2.75) is 52.5 Å². The smallest absolute Gasteiger partial charge is 0.253 e. The van der Waals surface area contributed by atoms with Crippen molar-refractivity contribution < 1.29 is 9.53 Å². The van der Waals surface area contributed by atoms with E-state index in [9.17, 15) is 4.79 Å². The molecular formula is C28H38N2O2. The number of ether oxygens (including phenoxy) is 1. The van der Waals surface area contributed by atoms with E-state index in [0.717, 1.165) is 56.8 Å². The first-order valence-corrected chi connectivity index (χ1v) is 11.9. The van der Waals surface area contributed by atoms with Crippen LogP contribution < -0.4 is 5.32 Å². The Morgan fingerprint density at radius 3 is 2.34 bits per heavy atom. The molecule has 0 unspecified atom stereocenters. The molecule has 1 N–H and O–H groups in total. The minimum Gasteiger partial charge on any atom is -0.380 e. The zero-order chi connectivity index (χ0) is 22.9. The first-order valence-electron chi connectivity index (χ1n) is 11.9. The number of nitrogens with zero attached hydrogens (tertiary/aromatic N) is 1. The van der Waals surface area contributed by atoms with Crippen molar-refractivity contribution in [1.29, 1.82) is 0 Å². The second-order valence-corrected chi connectivity index (χ2v) is 7.80. The maximum absolute atomic E-state index is 12.3. The lowest BCUT2D eigenvalue weighted by Gasteiger charge is -2.18. The third kappa shape index (κ3) is 10.1. The Labute approximate surface area is 194 Å². The largest absolute Gasteiger partial charge is 0.380 e. The number of hydrogen-bond acceptors (Lipinski definition) is 3. The van der Waals surface area contributed by atoms with E-state index < -0.39 is 0 Å². The maximum atomic E-state index is 12.3. The number of nitrogens with one attached hydrogen (secondary N) is 1. The van der Waals surface area contributed by atoms with Crippen LogP contribution in [0.4, 0.5) is 0 Å². The Kier molecular flexibility index (Phi) is 12.9. The number of hydrogen-bond donors (Lipinski definition) is 1. The molecule has 0 aliphatic rings. The van der Waals surface area contributed by atoms with Crippen LogP contribution in [-0.2, 0) is 11.3 Å². The molecule has 0 aliphatic heterocycles. The van der Waals surface area contributed by atoms with Crippen LogP contribution in [0.5, 0.6) is 0 Å². The molecule has 172 valence electrons. The van der Waals surface area contributed by atoms with E-state index in [4.69, 9.17) is 4.74 Å². The van der Waals surface area contributed by atoms with Crippen molar-refractivity contribution >= 4 is 5.91 Å². The number of rotatable bonds is 14. The molecule has 2 aromatic carbocycles. The summed E-state index contributed by atoms with van der Waals surface area (Å²) in [5, 5.41) is 3.49. The maximum Gasteiger partial charge on any atom is 0.253 e. The van der Waals surface area contributed by atoms with Crippen LogP contribution >= 0.6 is 0 Å². The van der Waals surface area contributed by atoms with Gasteiger partial charge in [0.1, 0.15) is 0 Å². The number of amides is 1. The van der Waals surface area contributed by atoms with Gasteiger partial charge in [0.25, 0.3) is 5.91 Å². The molecule has 0 saturated carbocycles. The van der Waals surface area contributed by atoms with Crippen molar-refractivity contribution in [3.05, 3.63) is 71.3 Å². The Morgan fingerprint density at radius 1 is 0.906 bits per heavy atom. The van der Waals surface area contributed by atoms with E-state index in [1.165, 1.54) is 24.8 Å². The molecule has 4 heteroatoms. The van der Waals surface area contributed by atoms with E-state index in [1.807, 2.05) is 43.0 Å². The van der Waals surface area contributed by atoms with Gasteiger partial charge in [-0.2, -0.15) is 0 Å². The molecule has 0 aromatic heterocycles. The number of carbonyl (C=O) groups is 1. The molecule has 0 radical (unpaired) electrons. The molecule has 0 heterocycles. The molecule has 0 aliphatic carbocycles. The zero-order valence-corrected chi connectivity index (χ0v) is 19.7. The van der Waals surface area contributed by atoms with Crippen LogP contribution in [0.25, 0.3) is 0 Å². The van der Waals surface area contributed by atoms with Gasteiger partial charge in [0.15, 0.2) is 0 Å². The van der Waals surface area contributed by atoms with Crippen molar-refractivity contribution in [1.82, 2.24) is 10.2 Å². The SMILES string of the molecule is CCN(CC)C(=O)c1ccc(C#CCCOCCCCCCNCc2ccccc2)cc1. The van der Waals surface area contributed by atoms with Gasteiger partial charge in [-0.1, -0.05) is 55.0 Å². The van der Waals surface area contributed by atoms with Crippen molar-refractivity contribution in [2.75, 3.05) is 32.8 Å². The molecule has 0 fully saturated rings. The second kappa shape index (κ2) is 16.1. The van der Waals surface area contributed by atoms with Gasteiger partial charge in [0, 0.05) is 43.8 Å². The van der Waals surface area contributed by atoms with Crippen molar-refractivity contribution in [3.63, 3.8) is 0 Å². The highest BCUT2D eigenvalue weighted by Crippen LogP contribution is 2.07. The molecule has 0 bridgehead atoms. The Morgan fingerprint density at radius 2 is 1.62 bits per heavy atom. The first-order chi connectivity index (χ1) is 15.7. The summed E-state index contributed by atoms with van der Waals surface area (Å²) in [6.45, 7) is 8.93. The van der Waals surface area contributed by atoms with Crippen LogP contribution in [-0.4, -0.2) is 43.7 Å². The Hall–Kier alpha value is -2.61. The van der Waals surface area contributed by atoms with E-state index in [0.29, 0.717) is 6.61 Å². The van der Waals surface area contributed by atoms with Crippen LogP contribution in [0.3, 0.4) is 0 Å². The molecule has 32 heavy (non-hydrogen) atoms. The minimum atomic E-state index is 0.0753. The minimum absolute atomic E-state index is 0.0753. The predicted molar refractivity (Wildman–Crippen MR) is 133 cm³/mol. The first kappa shape index (κ1) is 25.6. The van der Waals surface area contributed by atoms with E-state index in [2.05, 4.69) is 47.5 Å². The topological polar surface area (TPSA) is 41.6 Å². The van der Waals surface area contributed by atoms with Crippen LogP contribution in [0.15, 0.2) is 54.6 Å². The van der Waals surface area contributed by atoms with Crippen LogP contribution in [0.2, 0.25) is 0 Å². The Balaban J connectivity index is 1.47. The molecule has 1 amide bonds. The fourth-order valence-electron chi connectivity index (χ4n) is 3.42. The van der Waals surface area contributed by atoms with E-state index in [-0.39, 0.29) is 5.91 Å². The third-order valence-corrected chi connectivity index (χ3v) is 5.35. The summed E-state index contributed by atoms with van der Waals surface area (Å²) in [7, 11) is 0. The highest BCUT2D eigenvalue weighted by molar-refractivity contribution is 5.94. The zero-order valence-electron chi connectivity index (χ0n) is 19.7. The van der Waals surface area contributed by atoms with Gasteiger partial charge >= 0.3 is 0 Å². The number of unbranched alkanes of at least 4 members (excludes halogenated alkanes) is 3. The monoisotopic (exact) mass is 434 g/mol. The highest BCUT2D eigenvalue weighted by Gasteiger charge is 2.11. The fraction of sp³-hybridized carbons (Fsp3) is 0.464. The molecule has 2 aromatic rings. The number of benzene rings is 2. The molecule has 0 saturated heterocycles. The lowest BCUT2D eigenvalue weighted by Crippen LogP contribution is -2.30. The Bertz CT molecular complexity index is 818. The quantitative estimate of drug-likeness (QED) is 0.325. The van der Waals surface area contributed by atoms with Gasteiger partial charge < -0.3 is 15.0 Å². The van der Waals surface area contributed by atoms with Crippen molar-refractivity contribution in [2.24, 2.45) is 0 Å². The van der Waals surface area contributed by atoms with Gasteiger partial charge in [0.05, 0.1) is 6.61 Å². The molecule has 0 spiro atoms. The summed E-state index contributed by atoms with van der Waals surface area (Å²) in [4.78, 5) is 14.1. The molecule has 0 atom stereocenters. The summed E-state index contributed by atoms with van der Waals surface area (Å²) >= 11 is 0. The highest BCUT2D eigenvalue weighted by atomic mass is 16.5. The van der Waals surface area contributed by atoms with Gasteiger partial charge in [0.2, 0.25) is 0 Å². The van der Waals surface area contributed by atoms with Gasteiger partial charge in [-0.15, -0.1) is 0 Å². The third-order valence-electron chi connectivity index (χ3n) is 5.35. The van der Waals surface area contributed by atoms with Gasteiger partial charge in [-0.05, 0) is 63.1 Å². The van der Waals surface area contributed by atoms with E-state index >= 15 is 0 Å². The lowest BCUT2D eigenvalue weighted by atomic mass is 10.1. The second-order valence-electron chi connectivity index (χ2n) is 7.80. The average molecular weight is 435 g/mol. The average Bonchev–Trinajstić information content (AvgIpc) is 2.83. The summed E-state index contributed by atoms with van der Waals surface area (Å²) < 4.78 is 5.69. The molecule has 4 nitrogen and oxygen atoms in total. The van der Waals surface area contributed by atoms with Gasteiger partial charge in [-0.3, -0.25) is 4.79 Å². The fourth-order valence-corrected chi connectivity index (χ4v) is 3.42. The lowest BCUT2D eigenvalue weighted by molar-refractivity contribution is 0.0773. The molecule has 2 rings (SSSR count). The summed E-state index contributed by atoms with van der Waals surface area (Å²) in [6, 6.07) is 18.1. The normalized spacial score (nSPS) is 10.4. The molecular weight excluding hydrogens is 396 g/mol. The summed E-state index contributed by atoms with van der Waals surface area (Å²) in [5.74, 6) is 6.38. The van der Waals surface area contributed by atoms with E-state index in [1.54, 1.807) is 0 Å². The standard InChI is InChI=1S/C28H38N2O2/c1-3-30(4-2)28(31)27-19-17-25(18-20-27)14-10-13-23-32-22-12-6-5-11-21-29-24-26-15-8-7-9-16-26/h7-9,15-20,29H,3-6,11-13,21-24H2,1-2H3. The van der Waals surface area contributed by atoms with Crippen LogP contribution in [0, 0.1) is 11.8 Å². The summed E-state index contributed by atoms with van der Waals surface area (Å²) in [6.07, 6.45) is 5.48.